The minimum atomic E-state index is -0.0571. The SMILES string of the molecule is CC(C)(C)c1cccc(-c2cccc3c2[N@@+]2(c4cc(C(C)(C)C)cc(C(C)(C)C)c4)[CH-][N@+]3(c3cccc(Oc4cc5c(cc4-n4c6ccccc6c6ccccc64)c4ccccc4n5-c4cc(C(C)(C)C)ccn4)c3)C2)c1. The molecule has 77 heavy (non-hydrogen) atoms. The van der Waals surface area contributed by atoms with Crippen LogP contribution in [0.5, 0.6) is 11.5 Å². The third-order valence-corrected chi connectivity index (χ3v) is 16.8. The molecular formula is C71H70N5O+. The van der Waals surface area contributed by atoms with Gasteiger partial charge in [-0.25, -0.2) is 4.98 Å². The number of ether oxygens (including phenoxy) is 1. The predicted octanol–water partition coefficient (Wildman–Crippen LogP) is 19.3. The molecule has 1 saturated heterocycles. The van der Waals surface area contributed by atoms with Crippen LogP contribution in [0.4, 0.5) is 22.7 Å². The van der Waals surface area contributed by atoms with Crippen LogP contribution in [0.15, 0.2) is 188 Å². The molecule has 0 amide bonds. The van der Waals surface area contributed by atoms with Gasteiger partial charge >= 0.3 is 0 Å². The van der Waals surface area contributed by atoms with Crippen LogP contribution >= 0.6 is 0 Å². The molecule has 0 spiro atoms. The van der Waals surface area contributed by atoms with Gasteiger partial charge in [-0.2, -0.15) is 0 Å². The van der Waals surface area contributed by atoms with Crippen LogP contribution in [0.1, 0.15) is 105 Å². The van der Waals surface area contributed by atoms with E-state index in [-0.39, 0.29) is 21.7 Å². The molecule has 0 saturated carbocycles. The maximum absolute atomic E-state index is 7.53. The molecule has 0 unspecified atom stereocenters. The Kier molecular flexibility index (Phi) is 10.7. The summed E-state index contributed by atoms with van der Waals surface area (Å²) in [5.41, 5.74) is 18.1. The topological polar surface area (TPSA) is 32.0 Å². The number of pyridine rings is 1. The molecule has 3 aliphatic rings. The molecule has 1 fully saturated rings. The predicted molar refractivity (Wildman–Crippen MR) is 325 cm³/mol. The van der Waals surface area contributed by atoms with Gasteiger partial charge in [0.15, 0.2) is 23.8 Å². The van der Waals surface area contributed by atoms with Crippen LogP contribution in [-0.2, 0) is 21.7 Å². The molecule has 0 radical (unpaired) electrons. The second kappa shape index (κ2) is 16.9. The van der Waals surface area contributed by atoms with E-state index in [1.165, 1.54) is 61.2 Å². The summed E-state index contributed by atoms with van der Waals surface area (Å²) < 4.78 is 13.5. The Morgan fingerprint density at radius 1 is 0.442 bits per heavy atom. The zero-order valence-corrected chi connectivity index (χ0v) is 46.8. The molecule has 3 aromatic heterocycles. The number of rotatable bonds is 7. The van der Waals surface area contributed by atoms with Gasteiger partial charge in [-0.05, 0) is 104 Å². The molecule has 6 heteroatoms. The standard InChI is InChI=1S/C71H70N5O/c1-68(2,3)47-23-19-22-46(36-47)54-29-21-33-64-67(54)76(52-38-49(70(7,8)9)37-50(39-52)71(10,11)12)44-75(64,45-76)51-24-20-25-53(41-51)77-65-43-62-58(42-63(65)73-59-30-16-13-26-55(59)56-27-14-17-31-60(56)73)57-28-15-18-32-61(57)74(62)66-40-48(34-35-72-66)69(4,5)6/h13-44H,45H2,1-12H3/q+1/t75-,76+/m1/s1. The highest BCUT2D eigenvalue weighted by Crippen LogP contribution is 2.68. The highest BCUT2D eigenvalue weighted by Gasteiger charge is 2.64. The van der Waals surface area contributed by atoms with Gasteiger partial charge in [0.1, 0.15) is 22.9 Å². The zero-order valence-electron chi connectivity index (χ0n) is 46.8. The maximum atomic E-state index is 7.53. The fraction of sp³-hybridized carbons (Fsp3) is 0.239. The van der Waals surface area contributed by atoms with E-state index in [1.54, 1.807) is 0 Å². The Morgan fingerprint density at radius 3 is 1.62 bits per heavy atom. The van der Waals surface area contributed by atoms with E-state index in [4.69, 9.17) is 9.72 Å². The molecule has 384 valence electrons. The summed E-state index contributed by atoms with van der Waals surface area (Å²) in [7, 11) is 0. The van der Waals surface area contributed by atoms with E-state index >= 15 is 0 Å². The van der Waals surface area contributed by atoms with Crippen molar-refractivity contribution in [2.75, 3.05) is 6.67 Å². The molecular weight excluding hydrogens is 939 g/mol. The average Bonchev–Trinajstić information content (AvgIpc) is 3.73. The van der Waals surface area contributed by atoms with Gasteiger partial charge in [0.25, 0.3) is 0 Å². The van der Waals surface area contributed by atoms with Crippen LogP contribution in [0.3, 0.4) is 0 Å². The van der Waals surface area contributed by atoms with Crippen LogP contribution in [0.2, 0.25) is 0 Å². The van der Waals surface area contributed by atoms with Crippen LogP contribution in [0, 0.1) is 6.67 Å². The van der Waals surface area contributed by atoms with E-state index in [0.717, 1.165) is 68.2 Å². The fourth-order valence-corrected chi connectivity index (χ4v) is 12.5. The Morgan fingerprint density at radius 2 is 1.00 bits per heavy atom. The number of benzene rings is 8. The van der Waals surface area contributed by atoms with Crippen molar-refractivity contribution < 1.29 is 4.74 Å². The lowest BCUT2D eigenvalue weighted by atomic mass is 9.80. The first-order chi connectivity index (χ1) is 36.6. The van der Waals surface area contributed by atoms with Crippen molar-refractivity contribution in [1.29, 1.82) is 0 Å². The lowest BCUT2D eigenvalue weighted by Gasteiger charge is -2.56. The van der Waals surface area contributed by atoms with Gasteiger partial charge < -0.3 is 9.30 Å². The monoisotopic (exact) mass is 1010 g/mol. The highest BCUT2D eigenvalue weighted by atomic mass is 16.5. The summed E-state index contributed by atoms with van der Waals surface area (Å²) in [5, 5.41) is 4.69. The van der Waals surface area contributed by atoms with Crippen molar-refractivity contribution >= 4 is 66.4 Å². The Labute approximate surface area is 454 Å². The molecule has 3 aliphatic heterocycles. The first kappa shape index (κ1) is 48.8. The van der Waals surface area contributed by atoms with Gasteiger partial charge in [-0.1, -0.05) is 180 Å². The molecule has 2 bridgehead atoms. The van der Waals surface area contributed by atoms with Gasteiger partial charge in [0.2, 0.25) is 0 Å². The third-order valence-electron chi connectivity index (χ3n) is 16.8. The largest absolute Gasteiger partial charge is 0.455 e. The van der Waals surface area contributed by atoms with Crippen molar-refractivity contribution in [3.05, 3.63) is 217 Å². The minimum Gasteiger partial charge on any atom is -0.455 e. The molecule has 8 aromatic carbocycles. The molecule has 0 N–H and O–H groups in total. The molecule has 0 aliphatic carbocycles. The van der Waals surface area contributed by atoms with E-state index < -0.39 is 0 Å². The third kappa shape index (κ3) is 7.69. The van der Waals surface area contributed by atoms with Gasteiger partial charge in [-0.3, -0.25) is 13.5 Å². The highest BCUT2D eigenvalue weighted by molar-refractivity contribution is 6.13. The average molecular weight is 1010 g/mol. The number of para-hydroxylation sites is 4. The van der Waals surface area contributed by atoms with Crippen molar-refractivity contribution in [2.24, 2.45) is 0 Å². The quantitative estimate of drug-likeness (QED) is 0.118. The van der Waals surface area contributed by atoms with Gasteiger partial charge in [0.05, 0.1) is 34.4 Å². The smallest absolute Gasteiger partial charge is 0.188 e. The van der Waals surface area contributed by atoms with E-state index in [9.17, 15) is 0 Å². The second-order valence-corrected chi connectivity index (χ2v) is 26.1. The number of aromatic nitrogens is 3. The van der Waals surface area contributed by atoms with Crippen LogP contribution in [0.25, 0.3) is 66.2 Å². The normalized spacial score (nSPS) is 17.6. The van der Waals surface area contributed by atoms with Crippen LogP contribution < -0.4 is 13.7 Å². The Balaban J connectivity index is 1.02. The van der Waals surface area contributed by atoms with E-state index in [0.29, 0.717) is 8.97 Å². The maximum Gasteiger partial charge on any atom is 0.188 e. The summed E-state index contributed by atoms with van der Waals surface area (Å²) in [5.74, 6) is 2.41. The molecule has 14 rings (SSSR count). The number of quaternary nitrogens is 2. The van der Waals surface area contributed by atoms with Gasteiger partial charge in [-0.15, -0.1) is 0 Å². The first-order valence-corrected chi connectivity index (χ1v) is 27.5. The fourth-order valence-electron chi connectivity index (χ4n) is 12.5. The van der Waals surface area contributed by atoms with Crippen molar-refractivity contribution in [3.8, 4) is 34.1 Å². The Bertz CT molecular complexity index is 4110. The van der Waals surface area contributed by atoms with E-state index in [2.05, 4.69) is 281 Å². The van der Waals surface area contributed by atoms with Crippen molar-refractivity contribution in [2.45, 2.75) is 105 Å². The number of hydrogen-bond acceptors (Lipinski definition) is 2. The second-order valence-electron chi connectivity index (χ2n) is 26.1. The minimum absolute atomic E-state index is 0.00581. The first-order valence-electron chi connectivity index (χ1n) is 27.5. The Hall–Kier alpha value is -7.77. The summed E-state index contributed by atoms with van der Waals surface area (Å²) in [6.45, 7) is 31.2. The number of fused-ring (bicyclic) bond motifs is 6. The molecule has 11 aromatic rings. The van der Waals surface area contributed by atoms with Crippen molar-refractivity contribution in [3.63, 3.8) is 0 Å². The van der Waals surface area contributed by atoms with Crippen LogP contribution in [-0.4, -0.2) is 20.8 Å². The summed E-state index contributed by atoms with van der Waals surface area (Å²) in [4.78, 5) is 5.06. The summed E-state index contributed by atoms with van der Waals surface area (Å²) in [6.07, 6.45) is 1.95. The lowest BCUT2D eigenvalue weighted by molar-refractivity contribution is 0.187. The number of nitrogens with zero attached hydrogens (tertiary/aromatic N) is 5. The van der Waals surface area contributed by atoms with E-state index in [1.807, 2.05) is 6.20 Å². The number of hydrogen-bond donors (Lipinski definition) is 0. The summed E-state index contributed by atoms with van der Waals surface area (Å²) >= 11 is 0. The molecule has 6 nitrogen and oxygen atoms in total. The molecule has 6 heterocycles. The molecule has 2 atom stereocenters. The summed E-state index contributed by atoms with van der Waals surface area (Å²) in [6, 6.07) is 67.8. The zero-order chi connectivity index (χ0) is 53.6. The lowest BCUT2D eigenvalue weighted by Crippen LogP contribution is -2.67. The van der Waals surface area contributed by atoms with Crippen molar-refractivity contribution in [1.82, 2.24) is 23.1 Å². The van der Waals surface area contributed by atoms with Gasteiger partial charge in [0, 0.05) is 63.6 Å².